The Morgan fingerprint density at radius 3 is 2.71 bits per heavy atom. The molecule has 0 fully saturated rings. The van der Waals surface area contributed by atoms with Crippen LogP contribution in [0.5, 0.6) is 0 Å². The van der Waals surface area contributed by atoms with Crippen LogP contribution in [0.3, 0.4) is 0 Å². The van der Waals surface area contributed by atoms with E-state index in [9.17, 15) is 9.59 Å². The SMILES string of the molecule is CCC(NC(C)=O)c1nc(CC(N)=O)nn1-c1cccc(Cl)c1C. The highest BCUT2D eigenvalue weighted by Gasteiger charge is 2.22. The van der Waals surface area contributed by atoms with Crippen LogP contribution in [0.1, 0.15) is 43.5 Å². The molecule has 2 aromatic rings. The summed E-state index contributed by atoms with van der Waals surface area (Å²) in [5, 5.41) is 7.83. The summed E-state index contributed by atoms with van der Waals surface area (Å²) in [5.41, 5.74) is 6.81. The first-order valence-corrected chi connectivity index (χ1v) is 7.98. The number of benzene rings is 1. The molecule has 1 aromatic carbocycles. The van der Waals surface area contributed by atoms with Gasteiger partial charge in [-0.2, -0.15) is 5.10 Å². The molecule has 0 bridgehead atoms. The third-order valence-corrected chi connectivity index (χ3v) is 3.98. The number of amides is 2. The van der Waals surface area contributed by atoms with E-state index in [1.165, 1.54) is 6.92 Å². The minimum Gasteiger partial charge on any atom is -0.369 e. The normalized spacial score (nSPS) is 12.0. The van der Waals surface area contributed by atoms with Crippen LogP contribution in [-0.2, 0) is 16.0 Å². The molecule has 0 aliphatic rings. The molecule has 0 aliphatic heterocycles. The zero-order chi connectivity index (χ0) is 17.9. The summed E-state index contributed by atoms with van der Waals surface area (Å²) in [6, 6.07) is 5.11. The topological polar surface area (TPSA) is 103 Å². The lowest BCUT2D eigenvalue weighted by Gasteiger charge is -2.17. The number of hydrogen-bond acceptors (Lipinski definition) is 4. The van der Waals surface area contributed by atoms with E-state index in [-0.39, 0.29) is 18.4 Å². The summed E-state index contributed by atoms with van der Waals surface area (Å²) >= 11 is 6.20. The fraction of sp³-hybridized carbons (Fsp3) is 0.375. The van der Waals surface area contributed by atoms with E-state index >= 15 is 0 Å². The monoisotopic (exact) mass is 349 g/mol. The summed E-state index contributed by atoms with van der Waals surface area (Å²) in [4.78, 5) is 27.1. The van der Waals surface area contributed by atoms with Crippen molar-refractivity contribution in [2.75, 3.05) is 0 Å². The van der Waals surface area contributed by atoms with E-state index in [4.69, 9.17) is 17.3 Å². The second kappa shape index (κ2) is 7.44. The molecule has 1 aromatic heterocycles. The second-order valence-electron chi connectivity index (χ2n) is 5.49. The molecule has 8 heteroatoms. The van der Waals surface area contributed by atoms with E-state index < -0.39 is 5.91 Å². The lowest BCUT2D eigenvalue weighted by Crippen LogP contribution is -2.28. The van der Waals surface area contributed by atoms with Crippen molar-refractivity contribution in [1.82, 2.24) is 20.1 Å². The number of rotatable bonds is 6. The van der Waals surface area contributed by atoms with Gasteiger partial charge in [-0.15, -0.1) is 0 Å². The molecule has 0 aliphatic carbocycles. The number of carbonyl (C=O) groups excluding carboxylic acids is 2. The Morgan fingerprint density at radius 2 is 2.12 bits per heavy atom. The van der Waals surface area contributed by atoms with Crippen molar-refractivity contribution in [3.05, 3.63) is 40.4 Å². The molecule has 2 amide bonds. The predicted molar refractivity (Wildman–Crippen MR) is 90.9 cm³/mol. The van der Waals surface area contributed by atoms with Gasteiger partial charge in [0, 0.05) is 11.9 Å². The number of nitrogens with two attached hydrogens (primary N) is 1. The number of primary amides is 1. The summed E-state index contributed by atoms with van der Waals surface area (Å²) in [6.07, 6.45) is 0.546. The van der Waals surface area contributed by atoms with Gasteiger partial charge in [0.1, 0.15) is 0 Å². The van der Waals surface area contributed by atoms with Gasteiger partial charge in [-0.1, -0.05) is 24.6 Å². The number of hydrogen-bond donors (Lipinski definition) is 2. The average Bonchev–Trinajstić information content (AvgIpc) is 2.90. The minimum atomic E-state index is -0.519. The second-order valence-corrected chi connectivity index (χ2v) is 5.89. The lowest BCUT2D eigenvalue weighted by molar-refractivity contribution is -0.120. The first-order chi connectivity index (χ1) is 11.3. The van der Waals surface area contributed by atoms with Crippen LogP contribution in [0.15, 0.2) is 18.2 Å². The number of halogens is 1. The highest BCUT2D eigenvalue weighted by atomic mass is 35.5. The maximum Gasteiger partial charge on any atom is 0.225 e. The van der Waals surface area contributed by atoms with Crippen LogP contribution in [0.25, 0.3) is 5.69 Å². The zero-order valence-electron chi connectivity index (χ0n) is 13.8. The van der Waals surface area contributed by atoms with Gasteiger partial charge in [-0.05, 0) is 31.0 Å². The van der Waals surface area contributed by atoms with Gasteiger partial charge in [-0.25, -0.2) is 9.67 Å². The van der Waals surface area contributed by atoms with Crippen molar-refractivity contribution in [2.24, 2.45) is 5.73 Å². The lowest BCUT2D eigenvalue weighted by atomic mass is 10.1. The molecule has 1 heterocycles. The van der Waals surface area contributed by atoms with Crippen molar-refractivity contribution in [3.63, 3.8) is 0 Å². The smallest absolute Gasteiger partial charge is 0.225 e. The van der Waals surface area contributed by atoms with Crippen molar-refractivity contribution in [2.45, 2.75) is 39.7 Å². The molecule has 0 saturated heterocycles. The summed E-state index contributed by atoms with van der Waals surface area (Å²) in [7, 11) is 0. The van der Waals surface area contributed by atoms with Crippen LogP contribution in [-0.4, -0.2) is 26.6 Å². The van der Waals surface area contributed by atoms with Crippen LogP contribution in [0, 0.1) is 6.92 Å². The third-order valence-electron chi connectivity index (χ3n) is 3.57. The van der Waals surface area contributed by atoms with Gasteiger partial charge < -0.3 is 11.1 Å². The molecule has 128 valence electrons. The maximum absolute atomic E-state index is 11.5. The predicted octanol–water partition coefficient (Wildman–Crippen LogP) is 1.84. The van der Waals surface area contributed by atoms with Crippen LogP contribution < -0.4 is 11.1 Å². The standard InChI is InChI=1S/C16H20ClN5O2/c1-4-12(19-10(3)23)16-20-15(8-14(18)24)21-22(16)13-7-5-6-11(17)9(13)2/h5-7,12H,4,8H2,1-3H3,(H2,18,24)(H,19,23). The van der Waals surface area contributed by atoms with E-state index in [2.05, 4.69) is 15.4 Å². The Kier molecular flexibility index (Phi) is 5.56. The zero-order valence-corrected chi connectivity index (χ0v) is 14.6. The molecular weight excluding hydrogens is 330 g/mol. The van der Waals surface area contributed by atoms with Crippen molar-refractivity contribution < 1.29 is 9.59 Å². The molecule has 0 saturated carbocycles. The first-order valence-electron chi connectivity index (χ1n) is 7.60. The van der Waals surface area contributed by atoms with Gasteiger partial charge >= 0.3 is 0 Å². The fourth-order valence-electron chi connectivity index (χ4n) is 2.42. The van der Waals surface area contributed by atoms with Gasteiger partial charge in [0.15, 0.2) is 11.6 Å². The summed E-state index contributed by atoms with van der Waals surface area (Å²) in [6.45, 7) is 5.24. The van der Waals surface area contributed by atoms with Crippen molar-refractivity contribution in [1.29, 1.82) is 0 Å². The Bertz CT molecular complexity index is 772. The molecule has 1 atom stereocenters. The van der Waals surface area contributed by atoms with Crippen molar-refractivity contribution in [3.8, 4) is 5.69 Å². The Hall–Kier alpha value is -2.41. The summed E-state index contributed by atoms with van der Waals surface area (Å²) in [5.74, 6) is 0.153. The first kappa shape index (κ1) is 17.9. The molecule has 2 rings (SSSR count). The Labute approximate surface area is 145 Å². The highest BCUT2D eigenvalue weighted by molar-refractivity contribution is 6.31. The van der Waals surface area contributed by atoms with Gasteiger partial charge in [0.05, 0.1) is 18.2 Å². The maximum atomic E-state index is 11.5. The fourth-order valence-corrected chi connectivity index (χ4v) is 2.59. The van der Waals surface area contributed by atoms with E-state index in [0.29, 0.717) is 23.1 Å². The van der Waals surface area contributed by atoms with Crippen LogP contribution in [0.2, 0.25) is 5.02 Å². The quantitative estimate of drug-likeness (QED) is 0.830. The van der Waals surface area contributed by atoms with E-state index in [1.54, 1.807) is 10.7 Å². The van der Waals surface area contributed by atoms with Gasteiger partial charge in [-0.3, -0.25) is 9.59 Å². The molecular formula is C16H20ClN5O2. The average molecular weight is 350 g/mol. The largest absolute Gasteiger partial charge is 0.369 e. The van der Waals surface area contributed by atoms with E-state index in [1.807, 2.05) is 26.0 Å². The minimum absolute atomic E-state index is 0.0733. The number of nitrogens with one attached hydrogen (secondary N) is 1. The number of aromatic nitrogens is 3. The Morgan fingerprint density at radius 1 is 1.42 bits per heavy atom. The third kappa shape index (κ3) is 3.91. The molecule has 24 heavy (non-hydrogen) atoms. The van der Waals surface area contributed by atoms with Gasteiger partial charge in [0.2, 0.25) is 11.8 Å². The highest BCUT2D eigenvalue weighted by Crippen LogP contribution is 2.25. The molecule has 0 spiro atoms. The molecule has 0 radical (unpaired) electrons. The number of carbonyl (C=O) groups is 2. The molecule has 3 N–H and O–H groups in total. The van der Waals surface area contributed by atoms with Crippen LogP contribution in [0.4, 0.5) is 0 Å². The Balaban J connectivity index is 2.59. The van der Waals surface area contributed by atoms with Crippen LogP contribution >= 0.6 is 11.6 Å². The summed E-state index contributed by atoms with van der Waals surface area (Å²) < 4.78 is 1.61. The molecule has 7 nitrogen and oxygen atoms in total. The van der Waals surface area contributed by atoms with Crippen molar-refractivity contribution >= 4 is 23.4 Å². The van der Waals surface area contributed by atoms with E-state index in [0.717, 1.165) is 11.3 Å². The number of nitrogens with zero attached hydrogens (tertiary/aromatic N) is 3. The molecule has 1 unspecified atom stereocenters. The van der Waals surface area contributed by atoms with Gasteiger partial charge in [0.25, 0.3) is 0 Å².